The van der Waals surface area contributed by atoms with Crippen molar-refractivity contribution in [3.8, 4) is 0 Å². The predicted molar refractivity (Wildman–Crippen MR) is 127 cm³/mol. The molecule has 1 saturated heterocycles. The zero-order valence-electron chi connectivity index (χ0n) is 18.2. The van der Waals surface area contributed by atoms with Crippen molar-refractivity contribution in [3.63, 3.8) is 0 Å². The van der Waals surface area contributed by atoms with E-state index in [0.717, 1.165) is 5.56 Å². The Kier molecular flexibility index (Phi) is 11.6. The highest BCUT2D eigenvalue weighted by atomic mass is 35.6. The fourth-order valence-corrected chi connectivity index (χ4v) is 3.97. The third kappa shape index (κ3) is 11.9. The lowest BCUT2D eigenvalue weighted by atomic mass is 9.78. The average molecular weight is 558 g/mol. The van der Waals surface area contributed by atoms with Crippen molar-refractivity contribution in [1.82, 2.24) is 9.62 Å². The topological polar surface area (TPSA) is 120 Å². The summed E-state index contributed by atoms with van der Waals surface area (Å²) >= 11 is 16.6. The molecule has 0 radical (unpaired) electrons. The van der Waals surface area contributed by atoms with Gasteiger partial charge in [-0.05, 0) is 19.0 Å². The Morgan fingerprint density at radius 1 is 1.18 bits per heavy atom. The van der Waals surface area contributed by atoms with E-state index in [0.29, 0.717) is 19.6 Å². The Morgan fingerprint density at radius 2 is 1.79 bits per heavy atom. The molecule has 1 aromatic rings. The van der Waals surface area contributed by atoms with E-state index >= 15 is 0 Å². The van der Waals surface area contributed by atoms with Gasteiger partial charge in [0.1, 0.15) is 12.5 Å². The van der Waals surface area contributed by atoms with Gasteiger partial charge in [-0.2, -0.15) is 13.1 Å². The Morgan fingerprint density at radius 3 is 2.38 bits per heavy atom. The van der Waals surface area contributed by atoms with Crippen LogP contribution in [0.4, 0.5) is 0 Å². The van der Waals surface area contributed by atoms with Gasteiger partial charge in [-0.3, -0.25) is 18.7 Å². The number of benzene rings is 1. The Balaban J connectivity index is 2.05. The molecule has 1 aliphatic heterocycles. The number of nitrogens with one attached hydrogen (secondary N) is 1. The molecular formula is C19H24BCl3N2O8S. The third-order valence-corrected chi connectivity index (χ3v) is 5.44. The number of carbonyl (C=O) groups is 2. The molecule has 10 nitrogen and oxygen atoms in total. The van der Waals surface area contributed by atoms with Crippen LogP contribution in [0.3, 0.4) is 0 Å². The Bertz CT molecular complexity index is 927. The van der Waals surface area contributed by atoms with E-state index in [2.05, 4.69) is 8.91 Å². The maximum Gasteiger partial charge on any atom is 0.622 e. The van der Waals surface area contributed by atoms with Gasteiger partial charge in [0.15, 0.2) is 0 Å². The van der Waals surface area contributed by atoms with Gasteiger partial charge in [-0.25, -0.2) is 0 Å². The summed E-state index contributed by atoms with van der Waals surface area (Å²) in [5, 5.41) is 0. The second kappa shape index (κ2) is 13.6. The molecule has 1 N–H and O–H groups in total. The number of hydrogen-bond acceptors (Lipinski definition) is 9. The summed E-state index contributed by atoms with van der Waals surface area (Å²) in [6, 6.07) is 9.54. The molecule has 188 valence electrons. The molecule has 0 saturated carbocycles. The first kappa shape index (κ1) is 28.9. The minimum atomic E-state index is -4.49. The Labute approximate surface area is 213 Å². The highest BCUT2D eigenvalue weighted by Crippen LogP contribution is 2.26. The van der Waals surface area contributed by atoms with Crippen LogP contribution in [0.2, 0.25) is 0 Å². The zero-order valence-corrected chi connectivity index (χ0v) is 21.3. The zero-order chi connectivity index (χ0) is 25.2. The highest BCUT2D eigenvalue weighted by molar-refractivity contribution is 7.84. The molecule has 0 amide bonds. The molecule has 1 heterocycles. The van der Waals surface area contributed by atoms with Gasteiger partial charge < -0.3 is 14.0 Å². The quantitative estimate of drug-likeness (QED) is 0.188. The van der Waals surface area contributed by atoms with E-state index in [1.54, 1.807) is 6.08 Å². The van der Waals surface area contributed by atoms with E-state index in [4.69, 9.17) is 48.8 Å². The lowest BCUT2D eigenvalue weighted by Crippen LogP contribution is -2.53. The summed E-state index contributed by atoms with van der Waals surface area (Å²) < 4.78 is 45.3. The average Bonchev–Trinajstić information content (AvgIpc) is 2.72. The van der Waals surface area contributed by atoms with E-state index in [9.17, 15) is 18.0 Å². The Hall–Kier alpha value is -1.38. The molecule has 1 aromatic carbocycles. The van der Waals surface area contributed by atoms with Gasteiger partial charge in [-0.15, -0.1) is 0 Å². The fourth-order valence-electron chi connectivity index (χ4n) is 2.69. The third-order valence-electron chi connectivity index (χ3n) is 4.13. The molecular weight excluding hydrogens is 533 g/mol. The number of halogens is 3. The van der Waals surface area contributed by atoms with Crippen molar-refractivity contribution in [2.75, 3.05) is 33.4 Å². The standard InChI is InChI=1S/C19H24BCl3N2O8S/c1-25-11-17(26)32-20(33-18(27)12-25)16(24-34(28,29)31-14-19(21,22)23)9-5-6-10-30-13-15-7-3-2-4-8-15/h2-5,7-9,16,24H,6,10-14H2,1H3/b9-5+. The molecule has 0 spiro atoms. The number of hydrogen-bond donors (Lipinski definition) is 1. The number of ether oxygens (including phenoxy) is 1. The minimum absolute atomic E-state index is 0.189. The van der Waals surface area contributed by atoms with Gasteiger partial charge in [0, 0.05) is 0 Å². The summed E-state index contributed by atoms with van der Waals surface area (Å²) in [5.74, 6) is -2.75. The summed E-state index contributed by atoms with van der Waals surface area (Å²) in [6.45, 7) is -0.422. The molecule has 1 aliphatic rings. The van der Waals surface area contributed by atoms with Crippen LogP contribution in [0.1, 0.15) is 12.0 Å². The first-order chi connectivity index (χ1) is 15.9. The van der Waals surface area contributed by atoms with Crippen LogP contribution >= 0.6 is 34.8 Å². The lowest BCUT2D eigenvalue weighted by Gasteiger charge is -2.26. The maximum absolute atomic E-state index is 12.3. The molecule has 0 aromatic heterocycles. The van der Waals surface area contributed by atoms with Crippen LogP contribution < -0.4 is 4.72 Å². The van der Waals surface area contributed by atoms with Gasteiger partial charge in [0.05, 0.1) is 26.3 Å². The van der Waals surface area contributed by atoms with Crippen molar-refractivity contribution >= 4 is 64.2 Å². The van der Waals surface area contributed by atoms with Gasteiger partial charge in [0.25, 0.3) is 0 Å². The van der Waals surface area contributed by atoms with Gasteiger partial charge >= 0.3 is 29.4 Å². The molecule has 34 heavy (non-hydrogen) atoms. The van der Waals surface area contributed by atoms with Crippen molar-refractivity contribution in [2.45, 2.75) is 22.8 Å². The van der Waals surface area contributed by atoms with Gasteiger partial charge in [0.2, 0.25) is 3.79 Å². The number of likely N-dealkylation sites (N-methyl/N-ethyl adjacent to an activating group) is 1. The summed E-state index contributed by atoms with van der Waals surface area (Å²) in [5.41, 5.74) is 1.00. The van der Waals surface area contributed by atoms with E-state index in [-0.39, 0.29) is 13.1 Å². The summed E-state index contributed by atoms with van der Waals surface area (Å²) in [7, 11) is -4.54. The molecule has 1 atom stereocenters. The summed E-state index contributed by atoms with van der Waals surface area (Å²) in [4.78, 5) is 25.6. The van der Waals surface area contributed by atoms with Crippen molar-refractivity contribution in [2.24, 2.45) is 0 Å². The van der Waals surface area contributed by atoms with Crippen LogP contribution in [0.25, 0.3) is 0 Å². The largest absolute Gasteiger partial charge is 0.622 e. The normalized spacial score (nSPS) is 17.2. The van der Waals surface area contributed by atoms with E-state index in [1.165, 1.54) is 18.0 Å². The second-order valence-electron chi connectivity index (χ2n) is 7.25. The monoisotopic (exact) mass is 556 g/mol. The van der Waals surface area contributed by atoms with Crippen LogP contribution in [-0.2, 0) is 44.7 Å². The van der Waals surface area contributed by atoms with Crippen LogP contribution in [0, 0.1) is 0 Å². The minimum Gasteiger partial charge on any atom is -0.497 e. The number of alkyl halides is 3. The van der Waals surface area contributed by atoms with E-state index < -0.39 is 45.7 Å². The molecule has 15 heteroatoms. The van der Waals surface area contributed by atoms with Gasteiger partial charge in [-0.1, -0.05) is 77.3 Å². The second-order valence-corrected chi connectivity index (χ2v) is 11.1. The van der Waals surface area contributed by atoms with Crippen molar-refractivity contribution in [3.05, 3.63) is 48.0 Å². The number of carbonyl (C=O) groups excluding carboxylic acids is 2. The number of rotatable bonds is 11. The molecule has 0 aliphatic carbocycles. The highest BCUT2D eigenvalue weighted by Gasteiger charge is 2.41. The molecule has 1 fully saturated rings. The smallest absolute Gasteiger partial charge is 0.497 e. The lowest BCUT2D eigenvalue weighted by molar-refractivity contribution is -0.145. The number of nitrogens with zero attached hydrogens (tertiary/aromatic N) is 1. The first-order valence-electron chi connectivity index (χ1n) is 10.0. The van der Waals surface area contributed by atoms with Crippen molar-refractivity contribution in [1.29, 1.82) is 0 Å². The maximum atomic E-state index is 12.3. The molecule has 1 unspecified atom stereocenters. The molecule has 0 bridgehead atoms. The predicted octanol–water partition coefficient (Wildman–Crippen LogP) is 1.80. The van der Waals surface area contributed by atoms with E-state index in [1.807, 2.05) is 30.3 Å². The SMILES string of the molecule is CN1CC(=O)OB(C(/C=C/CCOCc2ccccc2)NS(=O)(=O)OCC(Cl)(Cl)Cl)OC(=O)C1. The van der Waals surface area contributed by atoms with Crippen LogP contribution in [0.5, 0.6) is 0 Å². The first-order valence-corrected chi connectivity index (χ1v) is 12.6. The molecule has 2 rings (SSSR count). The van der Waals surface area contributed by atoms with Crippen molar-refractivity contribution < 1.29 is 36.2 Å². The van der Waals surface area contributed by atoms with Crippen LogP contribution in [-0.4, -0.2) is 75.5 Å². The van der Waals surface area contributed by atoms with Crippen LogP contribution in [0.15, 0.2) is 42.5 Å². The summed E-state index contributed by atoms with van der Waals surface area (Å²) in [6.07, 6.45) is 3.33. The fraction of sp³-hybridized carbons (Fsp3) is 0.474.